The molecule has 3 aliphatic heterocycles. The molecule has 7 aromatic heterocycles. The summed E-state index contributed by atoms with van der Waals surface area (Å²) < 4.78 is 13.4. The maximum absolute atomic E-state index is 11.8. The summed E-state index contributed by atoms with van der Waals surface area (Å²) in [4.78, 5) is 49.6. The van der Waals surface area contributed by atoms with E-state index in [9.17, 15) is 9.59 Å². The molecule has 14 aromatic carbocycles. The SMILES string of the molecule is CC(=O)C=C(C)O.CC(C)c1cccc(C(C)C)c1-n1ccnc1-c1[c-]cccc1.CC(C)n1nc2c3[c-]cccc3c3ccccc3c2n1.CN1C=CN(c2[c-]ccc3c2oc2ccccc23)[CH-]1.O=c1oc2ccccc2[c-]c1-c1ccccn1.[Ir].[Ir].[Ir].[Ir].[Ir].[Ir].[c-]1ccccc1-c1cc(-c2ccccc2)c2cc(-c3ccccc3)ccc2n1.[c-]1ccccc1-c1ccccn1.[c-]1ccccc1N1C=C2C=CC=CN2[CH-]1. The maximum atomic E-state index is 11.8. The van der Waals surface area contributed by atoms with E-state index < -0.39 is 5.63 Å². The Morgan fingerprint density at radius 2 is 1.03 bits per heavy atom. The number of carbonyl (C=O) groups excluding carboxylic acids is 1. The zero-order chi connectivity index (χ0) is 97.5. The maximum Gasteiger partial charge on any atom is 0.268 e. The second kappa shape index (κ2) is 55.1. The molecule has 0 amide bonds. The fraction of sp³-hybridized carbons (Fsp3) is 0.0968. The summed E-state index contributed by atoms with van der Waals surface area (Å²) >= 11 is 0. The molecule has 0 saturated heterocycles. The first-order valence-electron chi connectivity index (χ1n) is 46.6. The summed E-state index contributed by atoms with van der Waals surface area (Å²) in [7, 11) is 2.00. The first kappa shape index (κ1) is 114. The Kier molecular flexibility index (Phi) is 42.6. The van der Waals surface area contributed by atoms with E-state index in [2.05, 4.69) is 282 Å². The Bertz CT molecular complexity index is 7960. The summed E-state index contributed by atoms with van der Waals surface area (Å²) in [5, 5.41) is 26.5. The predicted octanol–water partition coefficient (Wildman–Crippen LogP) is 29.3. The molecule has 0 aliphatic carbocycles. The van der Waals surface area contributed by atoms with Crippen LogP contribution in [-0.2, 0) is 125 Å². The van der Waals surface area contributed by atoms with Crippen LogP contribution < -0.4 is 15.4 Å². The summed E-state index contributed by atoms with van der Waals surface area (Å²) in [6.45, 7) is 20.0. The van der Waals surface area contributed by atoms with Gasteiger partial charge in [0.2, 0.25) is 0 Å². The molecule has 147 heavy (non-hydrogen) atoms. The average Bonchev–Trinajstić information content (AvgIpc) is 1.62. The van der Waals surface area contributed by atoms with Crippen molar-refractivity contribution in [2.75, 3.05) is 16.8 Å². The standard InChI is InChI=1S/C27H18N.C21H23N2.C17H14N3.C16H12N2O.C14H8NO2.C13H10N2.C11H8N.C5H8O2.6Ir/c1-4-10-20(11-5-1)23-16-17-26-25(18-23)24(21-12-6-2-7-13-21)19-27(28-26)22-14-8-3-9-15-22;1-15(2)18-11-8-12-19(16(3)4)20(18)23-14-13-22-21(23)17-9-6-5-7-10-17;1-11(2)20-18-16-14-9-5-3-7-12(14)13-8-4-6-10-15(13)17(16)19-20;1-17-9-10-18(11-17)14-7-4-6-13-12-5-2-3-8-15(12)19-16(13)14;16-14-11(12-6-3-4-8-15-12)9-10-5-1-2-7-13(10)17-14;1-2-6-12(7-3-1)15-10-13-8-4-5-9-14(13)11-15;1-2-6-10(7-3-1)11-8-4-5-9-12-11;1-4(6)3-5(2)7;;;;;;/h1-14,16-19H;5-9,11-16H,1-4H3;3-9,11H,1-2H3;2-6,8-11H,1H3;1-8H;1-6,8-11H;1-6,8-9H;3,6H,1-2H3;;;;;;/q3*-1;-2;-1;-2;-1;;;;;;;. The van der Waals surface area contributed by atoms with Crippen molar-refractivity contribution in [2.24, 2.45) is 0 Å². The number of aromatic nitrogens is 8. The van der Waals surface area contributed by atoms with Gasteiger partial charge in [-0.3, -0.25) is 24.5 Å². The molecule has 10 heterocycles. The van der Waals surface area contributed by atoms with E-state index in [4.69, 9.17) is 18.9 Å². The van der Waals surface area contributed by atoms with Gasteiger partial charge in [0.05, 0.1) is 34.2 Å². The number of para-hydroxylation sites is 4. The van der Waals surface area contributed by atoms with Crippen LogP contribution in [0, 0.1) is 55.8 Å². The Hall–Kier alpha value is -13.8. The van der Waals surface area contributed by atoms with Gasteiger partial charge in [-0.15, -0.1) is 162 Å². The fourth-order valence-corrected chi connectivity index (χ4v) is 16.4. The minimum Gasteiger partial charge on any atom is -0.514 e. The number of fused-ring (bicyclic) bond motifs is 12. The van der Waals surface area contributed by atoms with Gasteiger partial charge in [-0.05, 0) is 170 Å². The number of aliphatic hydroxyl groups excluding tert-OH is 1. The van der Waals surface area contributed by atoms with Gasteiger partial charge in [0.25, 0.3) is 5.63 Å². The van der Waals surface area contributed by atoms with E-state index in [0.29, 0.717) is 28.7 Å². The zero-order valence-corrected chi connectivity index (χ0v) is 96.0. The van der Waals surface area contributed by atoms with Crippen LogP contribution in [0.3, 0.4) is 0 Å². The molecular formula is C124H101Ir6N12O5-9. The van der Waals surface area contributed by atoms with Gasteiger partial charge < -0.3 is 43.1 Å². The predicted molar refractivity (Wildman–Crippen MR) is 571 cm³/mol. The molecule has 21 aromatic rings. The summed E-state index contributed by atoms with van der Waals surface area (Å²) in [6.07, 6.45) is 22.8. The molecule has 17 nitrogen and oxygen atoms in total. The first-order valence-corrected chi connectivity index (χ1v) is 46.6. The molecular weight excluding hydrogens is 2890 g/mol. The number of carbonyl (C=O) groups is 1. The first-order chi connectivity index (χ1) is 68.9. The van der Waals surface area contributed by atoms with E-state index in [1.807, 2.05) is 249 Å². The van der Waals surface area contributed by atoms with Crippen LogP contribution in [0.5, 0.6) is 0 Å². The summed E-state index contributed by atoms with van der Waals surface area (Å²) in [5.41, 5.74) is 22.7. The molecule has 3 aliphatic rings. The van der Waals surface area contributed by atoms with Gasteiger partial charge >= 0.3 is 0 Å². The van der Waals surface area contributed by atoms with E-state index in [-0.39, 0.29) is 138 Å². The number of aliphatic hydroxyl groups is 1. The van der Waals surface area contributed by atoms with Crippen molar-refractivity contribution in [2.45, 2.75) is 73.3 Å². The molecule has 0 bridgehead atoms. The minimum atomic E-state index is -0.414. The molecule has 23 heteroatoms. The third-order valence-corrected chi connectivity index (χ3v) is 23.1. The van der Waals surface area contributed by atoms with Crippen LogP contribution in [0.4, 0.5) is 11.4 Å². The second-order valence-corrected chi connectivity index (χ2v) is 34.2. The van der Waals surface area contributed by atoms with Crippen LogP contribution in [0.25, 0.3) is 149 Å². The van der Waals surface area contributed by atoms with E-state index in [1.165, 1.54) is 75.5 Å². The Balaban J connectivity index is 0.000000162. The summed E-state index contributed by atoms with van der Waals surface area (Å²) in [6, 6.07) is 136. The van der Waals surface area contributed by atoms with E-state index in [0.717, 1.165) is 105 Å². The van der Waals surface area contributed by atoms with Crippen LogP contribution in [-0.4, -0.2) is 67.2 Å². The third-order valence-electron chi connectivity index (χ3n) is 23.1. The number of hydrogen-bond donors (Lipinski definition) is 1. The van der Waals surface area contributed by atoms with E-state index in [1.54, 1.807) is 35.4 Å². The van der Waals surface area contributed by atoms with Crippen molar-refractivity contribution in [1.82, 2.24) is 49.3 Å². The molecule has 0 unspecified atom stereocenters. The number of pyridine rings is 3. The quantitative estimate of drug-likeness (QED) is 0.0378. The number of ketones is 1. The van der Waals surface area contributed by atoms with Crippen LogP contribution in [0.2, 0.25) is 0 Å². The molecule has 0 fully saturated rings. The number of rotatable bonds is 13. The Morgan fingerprint density at radius 1 is 0.442 bits per heavy atom. The normalized spacial score (nSPS) is 11.8. The molecule has 0 spiro atoms. The van der Waals surface area contributed by atoms with Crippen molar-refractivity contribution < 1.29 is 139 Å². The molecule has 0 atom stereocenters. The zero-order valence-electron chi connectivity index (χ0n) is 81.6. The van der Waals surface area contributed by atoms with Crippen LogP contribution in [0.15, 0.2) is 439 Å². The molecule has 750 valence electrons. The van der Waals surface area contributed by atoms with Crippen LogP contribution in [0.1, 0.15) is 84.4 Å². The van der Waals surface area contributed by atoms with Gasteiger partial charge in [0, 0.05) is 190 Å². The number of benzene rings is 14. The number of nitrogens with zero attached hydrogens (tertiary/aromatic N) is 12. The van der Waals surface area contributed by atoms with Gasteiger partial charge in [0.15, 0.2) is 5.78 Å². The Morgan fingerprint density at radius 3 is 1.63 bits per heavy atom. The molecule has 0 saturated carbocycles. The fourth-order valence-electron chi connectivity index (χ4n) is 16.4. The third kappa shape index (κ3) is 28.3. The summed E-state index contributed by atoms with van der Waals surface area (Å²) in [5.74, 6) is 1.80. The van der Waals surface area contributed by atoms with Gasteiger partial charge in [0.1, 0.15) is 5.58 Å². The van der Waals surface area contributed by atoms with Gasteiger partial charge in [-0.25, -0.2) is 5.10 Å². The number of anilines is 2. The second-order valence-electron chi connectivity index (χ2n) is 34.2. The monoisotopic (exact) mass is 3000 g/mol. The van der Waals surface area contributed by atoms with Gasteiger partial charge in [-0.1, -0.05) is 237 Å². The topological polar surface area (TPSA) is 181 Å². The van der Waals surface area contributed by atoms with Crippen molar-refractivity contribution in [3.8, 4) is 73.1 Å². The van der Waals surface area contributed by atoms with E-state index >= 15 is 0 Å². The van der Waals surface area contributed by atoms with Crippen molar-refractivity contribution >= 4 is 93.5 Å². The average molecular weight is 2990 g/mol. The number of furan rings is 1. The number of hydrogen-bond acceptors (Lipinski definition) is 15. The van der Waals surface area contributed by atoms with Crippen molar-refractivity contribution in [1.29, 1.82) is 0 Å². The smallest absolute Gasteiger partial charge is 0.268 e. The van der Waals surface area contributed by atoms with Crippen molar-refractivity contribution in [3.05, 3.63) is 502 Å². The minimum absolute atomic E-state index is 0. The van der Waals surface area contributed by atoms with Gasteiger partial charge in [-0.2, -0.15) is 65.1 Å². The largest absolute Gasteiger partial charge is 0.514 e. The number of allylic oxidation sites excluding steroid dienone is 5. The Labute approximate surface area is 938 Å². The molecule has 1 N–H and O–H groups in total. The number of imidazole rings is 1. The molecule has 24 rings (SSSR count). The molecule has 6 radical (unpaired) electrons. The van der Waals surface area contributed by atoms with Crippen LogP contribution >= 0.6 is 0 Å². The van der Waals surface area contributed by atoms with Crippen molar-refractivity contribution in [3.63, 3.8) is 0 Å².